The van der Waals surface area contributed by atoms with E-state index in [2.05, 4.69) is 28.9 Å². The molecule has 7 heteroatoms. The number of pyridine rings is 1. The Labute approximate surface area is 187 Å². The summed E-state index contributed by atoms with van der Waals surface area (Å²) >= 11 is 0. The molecule has 1 aliphatic rings. The molecule has 1 N–H and O–H groups in total. The zero-order chi connectivity index (χ0) is 22.6. The highest BCUT2D eigenvalue weighted by atomic mass is 32.2. The summed E-state index contributed by atoms with van der Waals surface area (Å²) in [7, 11) is -1.66. The van der Waals surface area contributed by atoms with Crippen LogP contribution in [-0.2, 0) is 23.4 Å². The van der Waals surface area contributed by atoms with Crippen molar-refractivity contribution in [3.8, 4) is 11.1 Å². The first-order valence-electron chi connectivity index (χ1n) is 10.7. The number of H-pyrrole nitrogens is 1. The monoisotopic (exact) mass is 447 g/mol. The number of aryl methyl sites for hydroxylation is 1. The Hall–Kier alpha value is -3.32. The van der Waals surface area contributed by atoms with E-state index in [4.69, 9.17) is 0 Å². The van der Waals surface area contributed by atoms with Crippen LogP contribution in [0.25, 0.3) is 22.0 Å². The van der Waals surface area contributed by atoms with Gasteiger partial charge in [0.25, 0.3) is 5.56 Å². The molecule has 164 valence electrons. The summed E-state index contributed by atoms with van der Waals surface area (Å²) in [6, 6.07) is 15.6. The highest BCUT2D eigenvalue weighted by Gasteiger charge is 2.28. The highest BCUT2D eigenvalue weighted by Crippen LogP contribution is 2.44. The molecule has 32 heavy (non-hydrogen) atoms. The van der Waals surface area contributed by atoms with E-state index in [1.165, 1.54) is 0 Å². The number of aromatic nitrogens is 2. The number of hydrogen-bond acceptors (Lipinski definition) is 4. The summed E-state index contributed by atoms with van der Waals surface area (Å²) < 4.78 is 26.9. The van der Waals surface area contributed by atoms with Gasteiger partial charge < -0.3 is 14.5 Å². The van der Waals surface area contributed by atoms with Gasteiger partial charge in [0.2, 0.25) is 0 Å². The van der Waals surface area contributed by atoms with Crippen LogP contribution in [-0.4, -0.2) is 23.7 Å². The maximum atomic E-state index is 12.8. The summed E-state index contributed by atoms with van der Waals surface area (Å²) in [4.78, 5) is 18.5. The van der Waals surface area contributed by atoms with Crippen LogP contribution in [0.2, 0.25) is 0 Å². The van der Waals surface area contributed by atoms with Crippen molar-refractivity contribution in [2.24, 2.45) is 7.05 Å². The van der Waals surface area contributed by atoms with Gasteiger partial charge in [-0.2, -0.15) is 0 Å². The highest BCUT2D eigenvalue weighted by molar-refractivity contribution is 7.91. The normalized spacial score (nSPS) is 14.3. The summed E-state index contributed by atoms with van der Waals surface area (Å²) in [5.74, 6) is 0.0357. The Morgan fingerprint density at radius 1 is 1.09 bits per heavy atom. The summed E-state index contributed by atoms with van der Waals surface area (Å²) in [5.41, 5.74) is 5.27. The Kier molecular flexibility index (Phi) is 4.74. The van der Waals surface area contributed by atoms with Crippen molar-refractivity contribution in [3.63, 3.8) is 0 Å². The van der Waals surface area contributed by atoms with Crippen LogP contribution >= 0.6 is 0 Å². The van der Waals surface area contributed by atoms with Crippen LogP contribution in [0.15, 0.2) is 70.6 Å². The molecule has 0 bridgehead atoms. The van der Waals surface area contributed by atoms with Gasteiger partial charge in [0, 0.05) is 48.2 Å². The smallest absolute Gasteiger partial charge is 0.274 e. The van der Waals surface area contributed by atoms with Crippen molar-refractivity contribution in [1.82, 2.24) is 9.55 Å². The molecular weight excluding hydrogens is 422 g/mol. The van der Waals surface area contributed by atoms with Crippen LogP contribution in [0, 0.1) is 0 Å². The number of hydrogen-bond donors (Lipinski definition) is 1. The molecule has 0 radical (unpaired) electrons. The van der Waals surface area contributed by atoms with E-state index in [1.54, 1.807) is 30.7 Å². The largest absolute Gasteiger partial charge is 0.360 e. The molecule has 0 unspecified atom stereocenters. The third-order valence-corrected chi connectivity index (χ3v) is 8.22. The molecule has 4 aromatic rings. The summed E-state index contributed by atoms with van der Waals surface area (Å²) in [6.07, 6.45) is 3.72. The van der Waals surface area contributed by atoms with Crippen LogP contribution in [0.4, 0.5) is 5.69 Å². The molecule has 0 spiro atoms. The lowest BCUT2D eigenvalue weighted by Gasteiger charge is -2.32. The quantitative estimate of drug-likeness (QED) is 0.503. The molecule has 0 saturated heterocycles. The SMILES string of the molecule is CCS(=O)(=O)c1ccc2c(c1)-c1cn(C)c(=O)c3[nH]cc(c13)CN2[C@H](C)c1ccccc1. The van der Waals surface area contributed by atoms with Gasteiger partial charge in [-0.1, -0.05) is 37.3 Å². The maximum absolute atomic E-state index is 12.8. The molecule has 0 fully saturated rings. The van der Waals surface area contributed by atoms with Crippen molar-refractivity contribution in [2.45, 2.75) is 31.3 Å². The Balaban J connectivity index is 1.83. The molecule has 2 aromatic heterocycles. The van der Waals surface area contributed by atoms with Gasteiger partial charge in [0.05, 0.1) is 16.7 Å². The van der Waals surface area contributed by atoms with E-state index in [1.807, 2.05) is 36.7 Å². The second-order valence-electron chi connectivity index (χ2n) is 8.32. The number of nitrogens with one attached hydrogen (secondary N) is 1. The van der Waals surface area contributed by atoms with Gasteiger partial charge in [-0.15, -0.1) is 0 Å². The lowest BCUT2D eigenvalue weighted by atomic mass is 10.0. The molecule has 0 saturated carbocycles. The van der Waals surface area contributed by atoms with Crippen LogP contribution in [0.5, 0.6) is 0 Å². The standard InChI is InChI=1S/C25H25N3O3S/c1-4-32(30,31)19-10-11-22-20(12-19)21-15-27(3)25(29)24-23(21)18(13-26-24)14-28(22)16(2)17-8-6-5-7-9-17/h5-13,15-16,26H,4,14H2,1-3H3/t16-/m1/s1. The number of anilines is 1. The van der Waals surface area contributed by atoms with Crippen LogP contribution < -0.4 is 10.5 Å². The predicted octanol–water partition coefficient (Wildman–Crippen LogP) is 4.41. The molecule has 5 rings (SSSR count). The van der Waals surface area contributed by atoms with Crippen molar-refractivity contribution in [3.05, 3.63) is 82.4 Å². The molecule has 3 heterocycles. The average molecular weight is 448 g/mol. The van der Waals surface area contributed by atoms with Gasteiger partial charge in [0.1, 0.15) is 5.52 Å². The Bertz CT molecular complexity index is 1500. The van der Waals surface area contributed by atoms with E-state index in [9.17, 15) is 13.2 Å². The molecule has 0 amide bonds. The number of aromatic amines is 1. The first kappa shape index (κ1) is 20.6. The van der Waals surface area contributed by atoms with E-state index in [0.717, 1.165) is 33.3 Å². The molecule has 1 atom stereocenters. The zero-order valence-corrected chi connectivity index (χ0v) is 19.1. The van der Waals surface area contributed by atoms with Gasteiger partial charge in [-0.05, 0) is 36.2 Å². The zero-order valence-electron chi connectivity index (χ0n) is 18.3. The second-order valence-corrected chi connectivity index (χ2v) is 10.6. The third-order valence-electron chi connectivity index (χ3n) is 6.49. The minimum Gasteiger partial charge on any atom is -0.360 e. The van der Waals surface area contributed by atoms with Crippen molar-refractivity contribution in [1.29, 1.82) is 0 Å². The number of nitrogens with zero attached hydrogens (tertiary/aromatic N) is 2. The lowest BCUT2D eigenvalue weighted by Crippen LogP contribution is -2.26. The lowest BCUT2D eigenvalue weighted by molar-refractivity contribution is 0.597. The third kappa shape index (κ3) is 3.07. The first-order valence-corrected chi connectivity index (χ1v) is 12.4. The molecule has 2 aromatic carbocycles. The molecule has 1 aliphatic heterocycles. The number of rotatable bonds is 4. The number of benzene rings is 2. The number of fused-ring (bicyclic) bond motifs is 2. The van der Waals surface area contributed by atoms with Crippen LogP contribution in [0.1, 0.15) is 31.0 Å². The minimum absolute atomic E-state index is 0.0357. The first-order chi connectivity index (χ1) is 15.3. The fourth-order valence-electron chi connectivity index (χ4n) is 4.63. The van der Waals surface area contributed by atoms with Gasteiger partial charge in [0.15, 0.2) is 9.84 Å². The number of sulfone groups is 1. The topological polar surface area (TPSA) is 75.2 Å². The van der Waals surface area contributed by atoms with Crippen molar-refractivity contribution < 1.29 is 8.42 Å². The van der Waals surface area contributed by atoms with Gasteiger partial charge in [-0.3, -0.25) is 4.79 Å². The van der Waals surface area contributed by atoms with Crippen molar-refractivity contribution in [2.75, 3.05) is 10.7 Å². The Morgan fingerprint density at radius 3 is 2.56 bits per heavy atom. The average Bonchev–Trinajstić information content (AvgIpc) is 3.18. The van der Waals surface area contributed by atoms with E-state index in [-0.39, 0.29) is 17.4 Å². The van der Waals surface area contributed by atoms with Gasteiger partial charge >= 0.3 is 0 Å². The molecular formula is C25H25N3O3S. The second kappa shape index (κ2) is 7.38. The fraction of sp³-hybridized carbons (Fsp3) is 0.240. The Morgan fingerprint density at radius 2 is 1.84 bits per heavy atom. The van der Waals surface area contributed by atoms with E-state index in [0.29, 0.717) is 17.0 Å². The fourth-order valence-corrected chi connectivity index (χ4v) is 5.54. The van der Waals surface area contributed by atoms with Gasteiger partial charge in [-0.25, -0.2) is 8.42 Å². The maximum Gasteiger partial charge on any atom is 0.274 e. The molecule has 0 aliphatic carbocycles. The minimum atomic E-state index is -3.38. The summed E-state index contributed by atoms with van der Waals surface area (Å²) in [5, 5.41) is 0.864. The molecule has 6 nitrogen and oxygen atoms in total. The predicted molar refractivity (Wildman–Crippen MR) is 128 cm³/mol. The summed E-state index contributed by atoms with van der Waals surface area (Å²) in [6.45, 7) is 4.40. The van der Waals surface area contributed by atoms with E-state index < -0.39 is 9.84 Å². The van der Waals surface area contributed by atoms with Crippen LogP contribution in [0.3, 0.4) is 0 Å². The van der Waals surface area contributed by atoms with E-state index >= 15 is 0 Å². The van der Waals surface area contributed by atoms with Crippen molar-refractivity contribution >= 4 is 26.4 Å².